The Kier molecular flexibility index (Phi) is 4.58. The predicted molar refractivity (Wildman–Crippen MR) is 46.3 cm³/mol. The van der Waals surface area contributed by atoms with Crippen LogP contribution in [0.2, 0.25) is 0 Å². The van der Waals surface area contributed by atoms with Gasteiger partial charge in [0.2, 0.25) is 0 Å². The average molecular weight is 187 g/mol. The summed E-state index contributed by atoms with van der Waals surface area (Å²) in [7, 11) is 0. The van der Waals surface area contributed by atoms with Crippen molar-refractivity contribution in [3.63, 3.8) is 0 Å². The topological polar surface area (TPSA) is 77.8 Å². The van der Waals surface area contributed by atoms with Gasteiger partial charge in [-0.2, -0.15) is 0 Å². The van der Waals surface area contributed by atoms with Crippen LogP contribution in [0.5, 0.6) is 0 Å². The second-order valence-corrected chi connectivity index (χ2v) is 2.37. The van der Waals surface area contributed by atoms with Crippen molar-refractivity contribution in [2.45, 2.75) is 13.8 Å². The standard InChI is InChI=1S/C8H13NO4/c1-3-9(4-2)5-6(7(10)11)8(12)13/h5H,3-4H2,1-2H3,(H,10,11)(H,12,13). The van der Waals surface area contributed by atoms with Gasteiger partial charge in [0.1, 0.15) is 0 Å². The molecule has 0 amide bonds. The summed E-state index contributed by atoms with van der Waals surface area (Å²) in [4.78, 5) is 22.5. The molecule has 0 unspecified atom stereocenters. The fourth-order valence-corrected chi connectivity index (χ4v) is 0.791. The van der Waals surface area contributed by atoms with Gasteiger partial charge in [-0.1, -0.05) is 0 Å². The normalized spacial score (nSPS) is 9.08. The lowest BCUT2D eigenvalue weighted by Crippen LogP contribution is -2.21. The van der Waals surface area contributed by atoms with Gasteiger partial charge in [0.15, 0.2) is 5.57 Å². The molecule has 0 radical (unpaired) electrons. The van der Waals surface area contributed by atoms with Crippen molar-refractivity contribution in [1.82, 2.24) is 4.90 Å². The van der Waals surface area contributed by atoms with Gasteiger partial charge in [-0.3, -0.25) is 0 Å². The molecule has 0 saturated heterocycles. The lowest BCUT2D eigenvalue weighted by Gasteiger charge is -2.15. The minimum atomic E-state index is -1.42. The molecule has 0 aliphatic heterocycles. The van der Waals surface area contributed by atoms with Gasteiger partial charge in [0.05, 0.1) is 0 Å². The monoisotopic (exact) mass is 187 g/mol. The number of hydrogen-bond donors (Lipinski definition) is 2. The summed E-state index contributed by atoms with van der Waals surface area (Å²) in [6.45, 7) is 4.81. The highest BCUT2D eigenvalue weighted by Crippen LogP contribution is 1.99. The molecule has 0 rings (SSSR count). The maximum atomic E-state index is 10.4. The smallest absolute Gasteiger partial charge is 0.344 e. The Bertz CT molecular complexity index is 214. The summed E-state index contributed by atoms with van der Waals surface area (Å²) < 4.78 is 0. The molecular formula is C8H13NO4. The van der Waals surface area contributed by atoms with E-state index in [4.69, 9.17) is 10.2 Å². The molecule has 0 saturated carbocycles. The van der Waals surface area contributed by atoms with Crippen LogP contribution >= 0.6 is 0 Å². The Hall–Kier alpha value is -1.52. The zero-order chi connectivity index (χ0) is 10.4. The van der Waals surface area contributed by atoms with E-state index in [-0.39, 0.29) is 0 Å². The summed E-state index contributed by atoms with van der Waals surface area (Å²) in [6, 6.07) is 0. The molecule has 2 N–H and O–H groups in total. The van der Waals surface area contributed by atoms with Gasteiger partial charge in [-0.15, -0.1) is 0 Å². The summed E-state index contributed by atoms with van der Waals surface area (Å²) in [5, 5.41) is 17.0. The molecule has 0 atom stereocenters. The Morgan fingerprint density at radius 1 is 1.15 bits per heavy atom. The first kappa shape index (κ1) is 11.5. The van der Waals surface area contributed by atoms with E-state index in [2.05, 4.69) is 0 Å². The minimum absolute atomic E-state index is 0.584. The lowest BCUT2D eigenvalue weighted by atomic mass is 10.3. The van der Waals surface area contributed by atoms with Crippen molar-refractivity contribution in [3.8, 4) is 0 Å². The lowest BCUT2D eigenvalue weighted by molar-refractivity contribution is -0.140. The minimum Gasteiger partial charge on any atom is -0.477 e. The van der Waals surface area contributed by atoms with E-state index in [1.54, 1.807) is 4.90 Å². The van der Waals surface area contributed by atoms with Crippen LogP contribution in [0.15, 0.2) is 11.8 Å². The highest BCUT2D eigenvalue weighted by molar-refractivity contribution is 6.12. The van der Waals surface area contributed by atoms with Crippen LogP contribution in [-0.4, -0.2) is 40.1 Å². The quantitative estimate of drug-likeness (QED) is 0.369. The Labute approximate surface area is 76.3 Å². The molecule has 5 nitrogen and oxygen atoms in total. The first-order chi connectivity index (χ1) is 6.02. The summed E-state index contributed by atoms with van der Waals surface area (Å²) in [5.74, 6) is -2.83. The molecule has 0 bridgehead atoms. The van der Waals surface area contributed by atoms with Crippen LogP contribution < -0.4 is 0 Å². The molecule has 74 valence electrons. The molecule has 0 aromatic heterocycles. The number of carbonyl (C=O) groups is 2. The summed E-state index contributed by atoms with van der Waals surface area (Å²) in [6.07, 6.45) is 1.14. The zero-order valence-corrected chi connectivity index (χ0v) is 7.65. The maximum absolute atomic E-state index is 10.4. The van der Waals surface area contributed by atoms with Gasteiger partial charge in [0, 0.05) is 19.3 Å². The number of carboxylic acids is 2. The number of hydrogen-bond acceptors (Lipinski definition) is 3. The Morgan fingerprint density at radius 3 is 1.77 bits per heavy atom. The molecule has 0 heterocycles. The number of nitrogens with zero attached hydrogens (tertiary/aromatic N) is 1. The van der Waals surface area contributed by atoms with E-state index >= 15 is 0 Å². The van der Waals surface area contributed by atoms with Gasteiger partial charge in [0.25, 0.3) is 0 Å². The molecular weight excluding hydrogens is 174 g/mol. The third-order valence-corrected chi connectivity index (χ3v) is 1.58. The third-order valence-electron chi connectivity index (χ3n) is 1.58. The van der Waals surface area contributed by atoms with Crippen LogP contribution in [0.25, 0.3) is 0 Å². The molecule has 0 fully saturated rings. The van der Waals surface area contributed by atoms with Crippen molar-refractivity contribution >= 4 is 11.9 Å². The Morgan fingerprint density at radius 2 is 1.54 bits per heavy atom. The van der Waals surface area contributed by atoms with Crippen molar-refractivity contribution in [1.29, 1.82) is 0 Å². The van der Waals surface area contributed by atoms with Crippen molar-refractivity contribution in [2.75, 3.05) is 13.1 Å². The number of carboxylic acid groups (broad SMARTS) is 2. The average Bonchev–Trinajstić information content (AvgIpc) is 2.05. The van der Waals surface area contributed by atoms with E-state index < -0.39 is 17.5 Å². The summed E-state index contributed by atoms with van der Waals surface area (Å²) in [5.41, 5.74) is -0.608. The van der Waals surface area contributed by atoms with Crippen LogP contribution in [0.4, 0.5) is 0 Å². The highest BCUT2D eigenvalue weighted by Gasteiger charge is 2.16. The van der Waals surface area contributed by atoms with Gasteiger partial charge < -0.3 is 15.1 Å². The van der Waals surface area contributed by atoms with Crippen LogP contribution in [0, 0.1) is 0 Å². The fourth-order valence-electron chi connectivity index (χ4n) is 0.791. The van der Waals surface area contributed by atoms with Gasteiger partial charge in [-0.05, 0) is 13.8 Å². The second-order valence-electron chi connectivity index (χ2n) is 2.37. The number of rotatable bonds is 5. The van der Waals surface area contributed by atoms with E-state index in [9.17, 15) is 9.59 Å². The first-order valence-corrected chi connectivity index (χ1v) is 3.95. The molecule has 0 aliphatic carbocycles. The molecule has 0 aliphatic rings. The van der Waals surface area contributed by atoms with Crippen LogP contribution in [0.1, 0.15) is 13.8 Å². The zero-order valence-electron chi connectivity index (χ0n) is 7.65. The molecule has 13 heavy (non-hydrogen) atoms. The molecule has 5 heteroatoms. The maximum Gasteiger partial charge on any atom is 0.344 e. The third kappa shape index (κ3) is 3.59. The fraction of sp³-hybridized carbons (Fsp3) is 0.500. The van der Waals surface area contributed by atoms with Crippen molar-refractivity contribution in [2.24, 2.45) is 0 Å². The van der Waals surface area contributed by atoms with Crippen molar-refractivity contribution < 1.29 is 19.8 Å². The van der Waals surface area contributed by atoms with E-state index in [1.807, 2.05) is 13.8 Å². The van der Waals surface area contributed by atoms with E-state index in [1.165, 1.54) is 0 Å². The van der Waals surface area contributed by atoms with E-state index in [0.29, 0.717) is 13.1 Å². The predicted octanol–water partition coefficient (Wildman–Crippen LogP) is 0.381. The van der Waals surface area contributed by atoms with Gasteiger partial charge in [-0.25, -0.2) is 9.59 Å². The highest BCUT2D eigenvalue weighted by atomic mass is 16.4. The number of aliphatic carboxylic acids is 2. The van der Waals surface area contributed by atoms with E-state index in [0.717, 1.165) is 6.20 Å². The molecule has 0 aromatic rings. The molecule has 0 spiro atoms. The SMILES string of the molecule is CCN(C=C(C(=O)O)C(=O)O)CC. The largest absolute Gasteiger partial charge is 0.477 e. The second kappa shape index (κ2) is 5.18. The summed E-state index contributed by atoms with van der Waals surface area (Å²) >= 11 is 0. The first-order valence-electron chi connectivity index (χ1n) is 3.95. The van der Waals surface area contributed by atoms with Crippen LogP contribution in [0.3, 0.4) is 0 Å². The molecule has 0 aromatic carbocycles. The van der Waals surface area contributed by atoms with Crippen LogP contribution in [-0.2, 0) is 9.59 Å². The Balaban J connectivity index is 4.70. The van der Waals surface area contributed by atoms with Crippen molar-refractivity contribution in [3.05, 3.63) is 11.8 Å². The van der Waals surface area contributed by atoms with Gasteiger partial charge >= 0.3 is 11.9 Å².